The molecule has 7 nitrogen and oxygen atoms in total. The summed E-state index contributed by atoms with van der Waals surface area (Å²) >= 11 is 0. The molecule has 0 bridgehead atoms. The topological polar surface area (TPSA) is 63.5 Å². The SMILES string of the molecule is CCCOc1ccccc1N1CCN(CCCCCn2nnc3ccccc3c2=O)CC1.Cl. The number of hydrogen-bond acceptors (Lipinski definition) is 6. The molecule has 4 rings (SSSR count). The normalized spacial score (nSPS) is 14.3. The van der Waals surface area contributed by atoms with Crippen LogP contribution in [0, 0.1) is 0 Å². The number of benzene rings is 2. The zero-order valence-electron chi connectivity index (χ0n) is 19.4. The standard InChI is InChI=1S/C25H33N5O2.ClH/c1-2-20-32-24-13-7-6-12-23(24)29-18-16-28(17-19-29)14-8-3-9-15-30-25(31)21-10-4-5-11-22(21)26-27-30;/h4-7,10-13H,2-3,8-9,14-20H2,1H3;1H. The summed E-state index contributed by atoms with van der Waals surface area (Å²) in [7, 11) is 0. The number of ether oxygens (including phenoxy) is 1. The number of aryl methyl sites for hydroxylation is 1. The first-order valence-electron chi connectivity index (χ1n) is 11.8. The smallest absolute Gasteiger partial charge is 0.277 e. The Morgan fingerprint density at radius 1 is 0.909 bits per heavy atom. The van der Waals surface area contributed by atoms with Crippen LogP contribution in [0.15, 0.2) is 53.3 Å². The average molecular weight is 472 g/mol. The summed E-state index contributed by atoms with van der Waals surface area (Å²) in [5.74, 6) is 0.995. The third-order valence-corrected chi connectivity index (χ3v) is 6.01. The van der Waals surface area contributed by atoms with E-state index in [0.717, 1.165) is 70.8 Å². The van der Waals surface area contributed by atoms with E-state index < -0.39 is 0 Å². The lowest BCUT2D eigenvalue weighted by molar-refractivity contribution is 0.249. The Labute approximate surface area is 201 Å². The quantitative estimate of drug-likeness (QED) is 0.416. The highest BCUT2D eigenvalue weighted by molar-refractivity contribution is 5.85. The molecule has 2 aromatic carbocycles. The fourth-order valence-electron chi connectivity index (χ4n) is 4.21. The van der Waals surface area contributed by atoms with Gasteiger partial charge in [0.25, 0.3) is 5.56 Å². The van der Waals surface area contributed by atoms with Crippen molar-refractivity contribution in [1.82, 2.24) is 19.9 Å². The molecule has 0 atom stereocenters. The summed E-state index contributed by atoms with van der Waals surface area (Å²) < 4.78 is 7.44. The Balaban J connectivity index is 0.00000306. The van der Waals surface area contributed by atoms with Crippen LogP contribution < -0.4 is 15.2 Å². The van der Waals surface area contributed by atoms with Crippen LogP contribution in [0.25, 0.3) is 10.9 Å². The molecule has 3 aromatic rings. The van der Waals surface area contributed by atoms with Crippen LogP contribution in [-0.4, -0.2) is 59.2 Å². The summed E-state index contributed by atoms with van der Waals surface area (Å²) in [5, 5.41) is 8.89. The number of fused-ring (bicyclic) bond motifs is 1. The maximum Gasteiger partial charge on any atom is 0.277 e. The second-order valence-electron chi connectivity index (χ2n) is 8.34. The van der Waals surface area contributed by atoms with Crippen LogP contribution >= 0.6 is 12.4 Å². The van der Waals surface area contributed by atoms with Crippen LogP contribution in [0.3, 0.4) is 0 Å². The maximum atomic E-state index is 12.5. The van der Waals surface area contributed by atoms with E-state index in [2.05, 4.69) is 45.2 Å². The third kappa shape index (κ3) is 6.45. The van der Waals surface area contributed by atoms with Crippen LogP contribution in [0.2, 0.25) is 0 Å². The highest BCUT2D eigenvalue weighted by Crippen LogP contribution is 2.29. The van der Waals surface area contributed by atoms with Crippen LogP contribution in [0.4, 0.5) is 5.69 Å². The molecular weight excluding hydrogens is 438 g/mol. The van der Waals surface area contributed by atoms with Gasteiger partial charge in [0.05, 0.1) is 17.7 Å². The van der Waals surface area contributed by atoms with E-state index in [1.807, 2.05) is 30.3 Å². The van der Waals surface area contributed by atoms with Gasteiger partial charge in [-0.25, -0.2) is 4.68 Å². The second kappa shape index (κ2) is 12.6. The second-order valence-corrected chi connectivity index (χ2v) is 8.34. The molecule has 0 unspecified atom stereocenters. The molecule has 0 aliphatic carbocycles. The molecular formula is C25H34ClN5O2. The van der Waals surface area contributed by atoms with Crippen LogP contribution in [-0.2, 0) is 6.54 Å². The van der Waals surface area contributed by atoms with E-state index in [1.165, 1.54) is 10.4 Å². The summed E-state index contributed by atoms with van der Waals surface area (Å²) in [6.45, 7) is 8.79. The largest absolute Gasteiger partial charge is 0.491 e. The van der Waals surface area contributed by atoms with Crippen molar-refractivity contribution >= 4 is 29.0 Å². The highest BCUT2D eigenvalue weighted by Gasteiger charge is 2.19. The Bertz CT molecular complexity index is 1070. The summed E-state index contributed by atoms with van der Waals surface area (Å²) in [5.41, 5.74) is 1.82. The van der Waals surface area contributed by atoms with Gasteiger partial charge in [0, 0.05) is 32.7 Å². The van der Waals surface area contributed by atoms with Crippen LogP contribution in [0.5, 0.6) is 5.75 Å². The van der Waals surface area contributed by atoms with E-state index in [1.54, 1.807) is 0 Å². The first-order chi connectivity index (χ1) is 15.8. The molecule has 0 saturated carbocycles. The van der Waals surface area contributed by atoms with Crippen molar-refractivity contribution in [2.75, 3.05) is 44.2 Å². The van der Waals surface area contributed by atoms with Gasteiger partial charge >= 0.3 is 0 Å². The van der Waals surface area contributed by atoms with Gasteiger partial charge in [-0.3, -0.25) is 9.69 Å². The first-order valence-corrected chi connectivity index (χ1v) is 11.8. The number of rotatable bonds is 10. The van der Waals surface area contributed by atoms with Gasteiger partial charge in [0.2, 0.25) is 0 Å². The predicted molar refractivity (Wildman–Crippen MR) is 136 cm³/mol. The minimum Gasteiger partial charge on any atom is -0.491 e. The number of piperazine rings is 1. The molecule has 8 heteroatoms. The van der Waals surface area contributed by atoms with Crippen molar-refractivity contribution in [3.63, 3.8) is 0 Å². The van der Waals surface area contributed by atoms with E-state index in [0.29, 0.717) is 17.4 Å². The number of aromatic nitrogens is 3. The number of anilines is 1. The highest BCUT2D eigenvalue weighted by atomic mass is 35.5. The van der Waals surface area contributed by atoms with Gasteiger partial charge in [-0.05, 0) is 50.1 Å². The lowest BCUT2D eigenvalue weighted by atomic mass is 10.2. The van der Waals surface area contributed by atoms with Gasteiger partial charge < -0.3 is 9.64 Å². The number of unbranched alkanes of at least 4 members (excludes halogenated alkanes) is 2. The van der Waals surface area contributed by atoms with Crippen molar-refractivity contribution in [1.29, 1.82) is 0 Å². The Morgan fingerprint density at radius 2 is 1.64 bits per heavy atom. The van der Waals surface area contributed by atoms with Crippen molar-refractivity contribution in [3.8, 4) is 5.75 Å². The molecule has 0 N–H and O–H groups in total. The minimum atomic E-state index is -0.0464. The zero-order valence-corrected chi connectivity index (χ0v) is 20.2. The van der Waals surface area contributed by atoms with Crippen LogP contribution in [0.1, 0.15) is 32.6 Å². The lowest BCUT2D eigenvalue weighted by Crippen LogP contribution is -2.46. The first kappa shape index (κ1) is 25.0. The molecule has 1 fully saturated rings. The fraction of sp³-hybridized carbons (Fsp3) is 0.480. The average Bonchev–Trinajstić information content (AvgIpc) is 2.84. The Morgan fingerprint density at radius 3 is 2.45 bits per heavy atom. The molecule has 0 radical (unpaired) electrons. The number of hydrogen-bond donors (Lipinski definition) is 0. The lowest BCUT2D eigenvalue weighted by Gasteiger charge is -2.36. The van der Waals surface area contributed by atoms with Gasteiger partial charge in [-0.1, -0.05) is 42.8 Å². The molecule has 1 saturated heterocycles. The predicted octanol–water partition coefficient (Wildman–Crippen LogP) is 3.99. The van der Waals surface area contributed by atoms with Gasteiger partial charge in [0.15, 0.2) is 0 Å². The van der Waals surface area contributed by atoms with E-state index in [-0.39, 0.29) is 18.0 Å². The van der Waals surface area contributed by atoms with E-state index in [4.69, 9.17) is 4.74 Å². The Kier molecular flexibility index (Phi) is 9.51. The van der Waals surface area contributed by atoms with Gasteiger partial charge in [-0.15, -0.1) is 17.5 Å². The molecule has 0 amide bonds. The van der Waals surface area contributed by atoms with Crippen molar-refractivity contribution in [2.45, 2.75) is 39.2 Å². The van der Waals surface area contributed by atoms with Crippen molar-refractivity contribution < 1.29 is 4.74 Å². The number of nitrogens with zero attached hydrogens (tertiary/aromatic N) is 5. The third-order valence-electron chi connectivity index (χ3n) is 6.01. The number of halogens is 1. The van der Waals surface area contributed by atoms with Crippen molar-refractivity contribution in [2.24, 2.45) is 0 Å². The minimum absolute atomic E-state index is 0. The fourth-order valence-corrected chi connectivity index (χ4v) is 4.21. The van der Waals surface area contributed by atoms with Gasteiger partial charge in [-0.2, -0.15) is 0 Å². The molecule has 33 heavy (non-hydrogen) atoms. The Hall–Kier alpha value is -2.64. The van der Waals surface area contributed by atoms with Gasteiger partial charge in [0.1, 0.15) is 11.3 Å². The molecule has 1 aromatic heterocycles. The molecule has 0 spiro atoms. The zero-order chi connectivity index (χ0) is 22.2. The maximum absolute atomic E-state index is 12.5. The molecule has 1 aliphatic rings. The molecule has 178 valence electrons. The number of para-hydroxylation sites is 2. The monoisotopic (exact) mass is 471 g/mol. The summed E-state index contributed by atoms with van der Waals surface area (Å²) in [6.07, 6.45) is 4.17. The summed E-state index contributed by atoms with van der Waals surface area (Å²) in [6, 6.07) is 15.8. The molecule has 1 aliphatic heterocycles. The van der Waals surface area contributed by atoms with E-state index in [9.17, 15) is 4.79 Å². The van der Waals surface area contributed by atoms with E-state index >= 15 is 0 Å². The van der Waals surface area contributed by atoms with Crippen molar-refractivity contribution in [3.05, 3.63) is 58.9 Å². The molecule has 2 heterocycles. The summed E-state index contributed by atoms with van der Waals surface area (Å²) in [4.78, 5) is 17.5.